The van der Waals surface area contributed by atoms with Gasteiger partial charge in [0, 0.05) is 30.0 Å². The standard InChI is InChI=1S/C16H19FN2O/c1-3-19(15-7-4-13(17)5-8-15)11-12-10-14(18)6-9-16(12)20-2/h4-10H,3,11,18H2,1-2H3. The third kappa shape index (κ3) is 3.20. The minimum Gasteiger partial charge on any atom is -0.496 e. The molecule has 2 aromatic carbocycles. The van der Waals surface area contributed by atoms with E-state index in [1.807, 2.05) is 18.2 Å². The van der Waals surface area contributed by atoms with Crippen LogP contribution >= 0.6 is 0 Å². The first-order valence-electron chi connectivity index (χ1n) is 6.57. The molecule has 0 atom stereocenters. The second kappa shape index (κ2) is 6.28. The summed E-state index contributed by atoms with van der Waals surface area (Å²) in [6.45, 7) is 3.53. The Morgan fingerprint density at radius 3 is 2.45 bits per heavy atom. The molecule has 0 saturated carbocycles. The zero-order chi connectivity index (χ0) is 14.5. The van der Waals surface area contributed by atoms with Gasteiger partial charge in [-0.2, -0.15) is 0 Å². The van der Waals surface area contributed by atoms with E-state index in [0.29, 0.717) is 12.2 Å². The molecule has 0 aromatic heterocycles. The second-order valence-electron chi connectivity index (χ2n) is 4.56. The van der Waals surface area contributed by atoms with Crippen LogP contribution in [0.5, 0.6) is 5.75 Å². The Bertz CT molecular complexity index is 569. The Balaban J connectivity index is 2.26. The van der Waals surface area contributed by atoms with E-state index in [1.165, 1.54) is 12.1 Å². The summed E-state index contributed by atoms with van der Waals surface area (Å²) >= 11 is 0. The van der Waals surface area contributed by atoms with E-state index in [4.69, 9.17) is 10.5 Å². The number of nitrogens with zero attached hydrogens (tertiary/aromatic N) is 1. The minimum absolute atomic E-state index is 0.230. The van der Waals surface area contributed by atoms with Gasteiger partial charge >= 0.3 is 0 Å². The summed E-state index contributed by atoms with van der Waals surface area (Å²) in [4.78, 5) is 2.14. The molecule has 0 aliphatic heterocycles. The fourth-order valence-electron chi connectivity index (χ4n) is 2.17. The van der Waals surface area contributed by atoms with Crippen LogP contribution in [-0.2, 0) is 6.54 Å². The monoisotopic (exact) mass is 274 g/mol. The Morgan fingerprint density at radius 2 is 1.85 bits per heavy atom. The van der Waals surface area contributed by atoms with Gasteiger partial charge in [-0.1, -0.05) is 0 Å². The highest BCUT2D eigenvalue weighted by Gasteiger charge is 2.10. The summed E-state index contributed by atoms with van der Waals surface area (Å²) in [5.74, 6) is 0.575. The molecule has 2 N–H and O–H groups in total. The van der Waals surface area contributed by atoms with Crippen LogP contribution in [0, 0.1) is 5.82 Å². The van der Waals surface area contributed by atoms with Gasteiger partial charge < -0.3 is 15.4 Å². The predicted octanol–water partition coefficient (Wildman–Crippen LogP) is 3.44. The van der Waals surface area contributed by atoms with E-state index in [1.54, 1.807) is 19.2 Å². The van der Waals surface area contributed by atoms with Gasteiger partial charge in [0.2, 0.25) is 0 Å². The maximum Gasteiger partial charge on any atom is 0.123 e. The molecule has 106 valence electrons. The summed E-state index contributed by atoms with van der Waals surface area (Å²) < 4.78 is 18.4. The van der Waals surface area contributed by atoms with E-state index in [9.17, 15) is 4.39 Å². The highest BCUT2D eigenvalue weighted by atomic mass is 19.1. The van der Waals surface area contributed by atoms with Crippen molar-refractivity contribution in [3.05, 3.63) is 53.8 Å². The second-order valence-corrected chi connectivity index (χ2v) is 4.56. The molecule has 0 radical (unpaired) electrons. The first-order chi connectivity index (χ1) is 9.63. The number of anilines is 2. The Hall–Kier alpha value is -2.23. The molecule has 2 rings (SSSR count). The van der Waals surface area contributed by atoms with E-state index in [0.717, 1.165) is 23.5 Å². The van der Waals surface area contributed by atoms with E-state index < -0.39 is 0 Å². The smallest absolute Gasteiger partial charge is 0.123 e. The molecule has 20 heavy (non-hydrogen) atoms. The molecular weight excluding hydrogens is 255 g/mol. The third-order valence-electron chi connectivity index (χ3n) is 3.24. The Labute approximate surface area is 118 Å². The summed E-state index contributed by atoms with van der Waals surface area (Å²) in [5, 5.41) is 0. The highest BCUT2D eigenvalue weighted by Crippen LogP contribution is 2.25. The largest absolute Gasteiger partial charge is 0.496 e. The van der Waals surface area contributed by atoms with Crippen molar-refractivity contribution in [3.8, 4) is 5.75 Å². The number of methoxy groups -OCH3 is 1. The number of halogens is 1. The van der Waals surface area contributed by atoms with Crippen LogP contribution in [0.25, 0.3) is 0 Å². The van der Waals surface area contributed by atoms with E-state index in [2.05, 4.69) is 11.8 Å². The molecular formula is C16H19FN2O. The fraction of sp³-hybridized carbons (Fsp3) is 0.250. The van der Waals surface area contributed by atoms with Gasteiger partial charge in [0.15, 0.2) is 0 Å². The zero-order valence-corrected chi connectivity index (χ0v) is 11.8. The lowest BCUT2D eigenvalue weighted by Crippen LogP contribution is -2.22. The van der Waals surface area contributed by atoms with E-state index >= 15 is 0 Å². The SMILES string of the molecule is CCN(Cc1cc(N)ccc1OC)c1ccc(F)cc1. The molecule has 0 amide bonds. The summed E-state index contributed by atoms with van der Waals surface area (Å²) in [5.41, 5.74) is 8.52. The van der Waals surface area contributed by atoms with Gasteiger partial charge in [0.05, 0.1) is 7.11 Å². The molecule has 0 fully saturated rings. The van der Waals surface area contributed by atoms with Crippen LogP contribution < -0.4 is 15.4 Å². The molecule has 0 aliphatic rings. The Morgan fingerprint density at radius 1 is 1.15 bits per heavy atom. The van der Waals surface area contributed by atoms with Gasteiger partial charge in [0.25, 0.3) is 0 Å². The lowest BCUT2D eigenvalue weighted by atomic mass is 10.1. The van der Waals surface area contributed by atoms with Crippen LogP contribution in [0.15, 0.2) is 42.5 Å². The molecule has 2 aromatic rings. The normalized spacial score (nSPS) is 10.3. The lowest BCUT2D eigenvalue weighted by Gasteiger charge is -2.24. The van der Waals surface area contributed by atoms with Gasteiger partial charge in [-0.3, -0.25) is 0 Å². The first-order valence-corrected chi connectivity index (χ1v) is 6.57. The number of benzene rings is 2. The van der Waals surface area contributed by atoms with Gasteiger partial charge in [-0.25, -0.2) is 4.39 Å². The zero-order valence-electron chi connectivity index (χ0n) is 11.8. The number of hydrogen-bond donors (Lipinski definition) is 1. The van der Waals surface area contributed by atoms with Crippen molar-refractivity contribution < 1.29 is 9.13 Å². The van der Waals surface area contributed by atoms with Gasteiger partial charge in [-0.05, 0) is 49.4 Å². The molecule has 0 saturated heterocycles. The molecule has 0 heterocycles. The van der Waals surface area contributed by atoms with Gasteiger partial charge in [0.1, 0.15) is 11.6 Å². The number of rotatable bonds is 5. The number of nitrogens with two attached hydrogens (primary N) is 1. The molecule has 3 nitrogen and oxygen atoms in total. The molecule has 0 aliphatic carbocycles. The molecule has 0 unspecified atom stereocenters. The third-order valence-corrected chi connectivity index (χ3v) is 3.24. The van der Waals surface area contributed by atoms with Crippen LogP contribution in [-0.4, -0.2) is 13.7 Å². The van der Waals surface area contributed by atoms with Crippen molar-refractivity contribution in [2.75, 3.05) is 24.3 Å². The van der Waals surface area contributed by atoms with Crippen molar-refractivity contribution in [1.82, 2.24) is 0 Å². The Kier molecular flexibility index (Phi) is 4.45. The van der Waals surface area contributed by atoms with Crippen LogP contribution in [0.4, 0.5) is 15.8 Å². The molecule has 4 heteroatoms. The van der Waals surface area contributed by atoms with Gasteiger partial charge in [-0.15, -0.1) is 0 Å². The fourth-order valence-corrected chi connectivity index (χ4v) is 2.17. The van der Waals surface area contributed by atoms with Crippen molar-refractivity contribution in [3.63, 3.8) is 0 Å². The topological polar surface area (TPSA) is 38.5 Å². The van der Waals surface area contributed by atoms with Crippen molar-refractivity contribution >= 4 is 11.4 Å². The average Bonchev–Trinajstić information content (AvgIpc) is 2.46. The van der Waals surface area contributed by atoms with Crippen molar-refractivity contribution in [1.29, 1.82) is 0 Å². The van der Waals surface area contributed by atoms with Crippen LogP contribution in [0.3, 0.4) is 0 Å². The lowest BCUT2D eigenvalue weighted by molar-refractivity contribution is 0.409. The van der Waals surface area contributed by atoms with Crippen LogP contribution in [0.1, 0.15) is 12.5 Å². The highest BCUT2D eigenvalue weighted by molar-refractivity contribution is 5.52. The first kappa shape index (κ1) is 14.2. The number of hydrogen-bond acceptors (Lipinski definition) is 3. The maximum atomic E-state index is 13.0. The molecule has 0 bridgehead atoms. The molecule has 0 spiro atoms. The predicted molar refractivity (Wildman–Crippen MR) is 80.5 cm³/mol. The van der Waals surface area contributed by atoms with Crippen molar-refractivity contribution in [2.45, 2.75) is 13.5 Å². The summed E-state index contributed by atoms with van der Waals surface area (Å²) in [6.07, 6.45) is 0. The summed E-state index contributed by atoms with van der Waals surface area (Å²) in [6, 6.07) is 12.1. The van der Waals surface area contributed by atoms with Crippen LogP contribution in [0.2, 0.25) is 0 Å². The average molecular weight is 274 g/mol. The summed E-state index contributed by atoms with van der Waals surface area (Å²) in [7, 11) is 1.64. The van der Waals surface area contributed by atoms with Crippen molar-refractivity contribution in [2.24, 2.45) is 0 Å². The number of nitrogen functional groups attached to an aromatic ring is 1. The minimum atomic E-state index is -0.230. The van der Waals surface area contributed by atoms with E-state index in [-0.39, 0.29) is 5.82 Å². The quantitative estimate of drug-likeness (QED) is 0.849. The maximum absolute atomic E-state index is 13.0. The number of ether oxygens (including phenoxy) is 1.